The van der Waals surface area contributed by atoms with Crippen LogP contribution in [0.1, 0.15) is 18.5 Å². The number of pyridine rings is 1. The Morgan fingerprint density at radius 1 is 1.19 bits per heavy atom. The molecule has 0 bridgehead atoms. The Balaban J connectivity index is 1.47. The van der Waals surface area contributed by atoms with Gasteiger partial charge in [0.25, 0.3) is 0 Å². The molecule has 26 heavy (non-hydrogen) atoms. The van der Waals surface area contributed by atoms with Gasteiger partial charge in [0, 0.05) is 23.5 Å². The van der Waals surface area contributed by atoms with E-state index in [1.54, 1.807) is 6.20 Å². The van der Waals surface area contributed by atoms with Crippen molar-refractivity contribution in [2.75, 3.05) is 16.4 Å². The average molecular weight is 365 g/mol. The van der Waals surface area contributed by atoms with Crippen LogP contribution in [0.4, 0.5) is 22.3 Å². The van der Waals surface area contributed by atoms with Crippen LogP contribution >= 0.6 is 11.3 Å². The van der Waals surface area contributed by atoms with Gasteiger partial charge in [-0.3, -0.25) is 4.79 Å². The van der Waals surface area contributed by atoms with Gasteiger partial charge in [0.05, 0.1) is 10.6 Å². The Labute approximate surface area is 155 Å². The van der Waals surface area contributed by atoms with Gasteiger partial charge in [-0.25, -0.2) is 9.97 Å². The molecule has 1 aliphatic carbocycles. The molecule has 0 atom stereocenters. The summed E-state index contributed by atoms with van der Waals surface area (Å²) < 4.78 is 0. The zero-order chi connectivity index (χ0) is 18.1. The normalized spacial score (nSPS) is 13.4. The van der Waals surface area contributed by atoms with Crippen LogP contribution in [-0.4, -0.2) is 15.9 Å². The SMILES string of the molecule is Cc1nc(N)sc1-c1ccnc(Nc2ccc(NC(=O)C3CC3)cc2)c1. The van der Waals surface area contributed by atoms with Gasteiger partial charge < -0.3 is 16.4 Å². The number of aryl methyl sites for hydroxylation is 1. The maximum Gasteiger partial charge on any atom is 0.227 e. The molecule has 1 aromatic carbocycles. The van der Waals surface area contributed by atoms with Gasteiger partial charge in [-0.1, -0.05) is 11.3 Å². The number of carbonyl (C=O) groups excluding carboxylic acids is 1. The highest BCUT2D eigenvalue weighted by Crippen LogP contribution is 2.33. The lowest BCUT2D eigenvalue weighted by Crippen LogP contribution is -2.13. The second-order valence-corrected chi connectivity index (χ2v) is 7.39. The number of nitrogens with two attached hydrogens (primary N) is 1. The zero-order valence-electron chi connectivity index (χ0n) is 14.3. The van der Waals surface area contributed by atoms with Crippen LogP contribution in [-0.2, 0) is 4.79 Å². The highest BCUT2D eigenvalue weighted by Gasteiger charge is 2.29. The van der Waals surface area contributed by atoms with Gasteiger partial charge in [0.1, 0.15) is 5.82 Å². The third kappa shape index (κ3) is 3.67. The maximum atomic E-state index is 11.8. The first-order valence-corrected chi connectivity index (χ1v) is 9.27. The molecule has 1 fully saturated rings. The van der Waals surface area contributed by atoms with E-state index >= 15 is 0 Å². The summed E-state index contributed by atoms with van der Waals surface area (Å²) in [5.41, 5.74) is 9.46. The maximum absolute atomic E-state index is 11.8. The van der Waals surface area contributed by atoms with Crippen molar-refractivity contribution in [2.45, 2.75) is 19.8 Å². The van der Waals surface area contributed by atoms with Crippen LogP contribution in [0.25, 0.3) is 10.4 Å². The largest absolute Gasteiger partial charge is 0.375 e. The molecule has 132 valence electrons. The Kier molecular flexibility index (Phi) is 4.30. The van der Waals surface area contributed by atoms with Crippen molar-refractivity contribution in [1.29, 1.82) is 0 Å². The minimum Gasteiger partial charge on any atom is -0.375 e. The van der Waals surface area contributed by atoms with Crippen molar-refractivity contribution in [2.24, 2.45) is 5.92 Å². The van der Waals surface area contributed by atoms with Gasteiger partial charge in [0.2, 0.25) is 5.91 Å². The molecule has 0 unspecified atom stereocenters. The summed E-state index contributed by atoms with van der Waals surface area (Å²) in [4.78, 5) is 21.5. The van der Waals surface area contributed by atoms with Crippen molar-refractivity contribution >= 4 is 39.6 Å². The molecular formula is C19H19N5OS. The predicted molar refractivity (Wildman–Crippen MR) is 106 cm³/mol. The Morgan fingerprint density at radius 3 is 2.58 bits per heavy atom. The number of nitrogens with zero attached hydrogens (tertiary/aromatic N) is 2. The summed E-state index contributed by atoms with van der Waals surface area (Å²) in [6.07, 6.45) is 3.76. The molecule has 0 radical (unpaired) electrons. The molecule has 1 saturated carbocycles. The van der Waals surface area contributed by atoms with Gasteiger partial charge in [-0.15, -0.1) is 0 Å². The second-order valence-electron chi connectivity index (χ2n) is 6.36. The summed E-state index contributed by atoms with van der Waals surface area (Å²) in [7, 11) is 0. The minimum atomic E-state index is 0.110. The number of carbonyl (C=O) groups is 1. The van der Waals surface area contributed by atoms with Crippen LogP contribution in [0.5, 0.6) is 0 Å². The number of nitrogens with one attached hydrogen (secondary N) is 2. The van der Waals surface area contributed by atoms with Crippen LogP contribution in [0.15, 0.2) is 42.6 Å². The summed E-state index contributed by atoms with van der Waals surface area (Å²) in [5.74, 6) is 1.05. The van der Waals surface area contributed by atoms with Crippen molar-refractivity contribution in [1.82, 2.24) is 9.97 Å². The molecule has 2 heterocycles. The number of thiazole rings is 1. The van der Waals surface area contributed by atoms with E-state index in [2.05, 4.69) is 20.6 Å². The molecule has 6 nitrogen and oxygen atoms in total. The molecule has 2 aromatic heterocycles. The monoisotopic (exact) mass is 365 g/mol. The van der Waals surface area contributed by atoms with Gasteiger partial charge in [-0.05, 0) is 61.7 Å². The number of hydrogen-bond acceptors (Lipinski definition) is 6. The number of aromatic nitrogens is 2. The lowest BCUT2D eigenvalue weighted by atomic mass is 10.2. The summed E-state index contributed by atoms with van der Waals surface area (Å²) in [6, 6.07) is 11.5. The van der Waals surface area contributed by atoms with Gasteiger partial charge in [-0.2, -0.15) is 0 Å². The lowest BCUT2D eigenvalue weighted by molar-refractivity contribution is -0.117. The van der Waals surface area contributed by atoms with Crippen LogP contribution in [0, 0.1) is 12.8 Å². The fourth-order valence-corrected chi connectivity index (χ4v) is 3.53. The molecule has 0 aliphatic heterocycles. The third-order valence-corrected chi connectivity index (χ3v) is 5.24. The van der Waals surface area contributed by atoms with E-state index in [0.717, 1.165) is 46.2 Å². The van der Waals surface area contributed by atoms with E-state index in [0.29, 0.717) is 5.13 Å². The summed E-state index contributed by atoms with van der Waals surface area (Å²) in [5, 5.41) is 6.78. The smallest absolute Gasteiger partial charge is 0.227 e. The average Bonchev–Trinajstić information content (AvgIpc) is 3.42. The molecule has 7 heteroatoms. The number of anilines is 4. The highest BCUT2D eigenvalue weighted by molar-refractivity contribution is 7.18. The first-order chi connectivity index (χ1) is 12.6. The zero-order valence-corrected chi connectivity index (χ0v) is 15.1. The number of amides is 1. The van der Waals surface area contributed by atoms with Crippen molar-refractivity contribution < 1.29 is 4.79 Å². The third-order valence-electron chi connectivity index (χ3n) is 4.21. The molecule has 1 aliphatic rings. The minimum absolute atomic E-state index is 0.110. The molecule has 4 rings (SSSR count). The Bertz CT molecular complexity index is 947. The number of hydrogen-bond donors (Lipinski definition) is 3. The van der Waals surface area contributed by atoms with Crippen molar-refractivity contribution in [3.8, 4) is 10.4 Å². The number of nitrogen functional groups attached to an aromatic ring is 1. The molecule has 1 amide bonds. The van der Waals surface area contributed by atoms with E-state index in [1.807, 2.05) is 43.3 Å². The summed E-state index contributed by atoms with van der Waals surface area (Å²) >= 11 is 1.47. The van der Waals surface area contributed by atoms with E-state index in [1.165, 1.54) is 11.3 Å². The van der Waals surface area contributed by atoms with Crippen molar-refractivity contribution in [3.63, 3.8) is 0 Å². The van der Waals surface area contributed by atoms with Gasteiger partial charge >= 0.3 is 0 Å². The number of rotatable bonds is 5. The van der Waals surface area contributed by atoms with E-state index < -0.39 is 0 Å². The Hall–Kier alpha value is -2.93. The molecule has 0 saturated heterocycles. The standard InChI is InChI=1S/C19H19N5OS/c1-11-17(26-19(20)22-11)13-8-9-21-16(10-13)23-14-4-6-15(7-5-14)24-18(25)12-2-3-12/h4-10,12H,2-3H2,1H3,(H2,20,22)(H,21,23)(H,24,25). The predicted octanol–water partition coefficient (Wildman–Crippen LogP) is 4.19. The highest BCUT2D eigenvalue weighted by atomic mass is 32.1. The van der Waals surface area contributed by atoms with Crippen molar-refractivity contribution in [3.05, 3.63) is 48.3 Å². The molecule has 3 aromatic rings. The first kappa shape index (κ1) is 16.5. The first-order valence-electron chi connectivity index (χ1n) is 8.46. The van der Waals surface area contributed by atoms with Gasteiger partial charge in [0.15, 0.2) is 5.13 Å². The van der Waals surface area contributed by atoms with E-state index in [4.69, 9.17) is 5.73 Å². The topological polar surface area (TPSA) is 92.9 Å². The second kappa shape index (κ2) is 6.76. The van der Waals surface area contributed by atoms with Crippen LogP contribution in [0.3, 0.4) is 0 Å². The summed E-state index contributed by atoms with van der Waals surface area (Å²) in [6.45, 7) is 1.95. The molecular weight excluding hydrogens is 346 g/mol. The quantitative estimate of drug-likeness (QED) is 0.630. The van der Waals surface area contributed by atoms with Crippen LogP contribution in [0.2, 0.25) is 0 Å². The Morgan fingerprint density at radius 2 is 1.92 bits per heavy atom. The fraction of sp³-hybridized carbons (Fsp3) is 0.211. The van der Waals surface area contributed by atoms with E-state index in [9.17, 15) is 4.79 Å². The number of benzene rings is 1. The fourth-order valence-electron chi connectivity index (χ4n) is 2.70. The molecule has 4 N–H and O–H groups in total. The van der Waals surface area contributed by atoms with Crippen LogP contribution < -0.4 is 16.4 Å². The molecule has 0 spiro atoms. The lowest BCUT2D eigenvalue weighted by Gasteiger charge is -2.09. The van der Waals surface area contributed by atoms with E-state index in [-0.39, 0.29) is 11.8 Å².